The van der Waals surface area contributed by atoms with Crippen LogP contribution in [0.1, 0.15) is 78.6 Å². The van der Waals surface area contributed by atoms with E-state index in [1.807, 2.05) is 0 Å². The second-order valence-electron chi connectivity index (χ2n) is 5.74. The van der Waals surface area contributed by atoms with Gasteiger partial charge in [-0.15, -0.1) is 0 Å². The quantitative estimate of drug-likeness (QED) is 0.358. The summed E-state index contributed by atoms with van der Waals surface area (Å²) in [6.07, 6.45) is 17.8. The van der Waals surface area contributed by atoms with E-state index in [-0.39, 0.29) is 25.6 Å². The van der Waals surface area contributed by atoms with Crippen LogP contribution < -0.4 is 18.9 Å². The van der Waals surface area contributed by atoms with Crippen LogP contribution in [0.15, 0.2) is 0 Å². The van der Waals surface area contributed by atoms with Crippen molar-refractivity contribution in [2.24, 2.45) is 0 Å². The molecular formula is C15H34BLi. The van der Waals surface area contributed by atoms with Crippen LogP contribution in [-0.2, 0) is 0 Å². The zero-order valence-electron chi connectivity index (χ0n) is 13.2. The first-order valence-corrected chi connectivity index (χ1v) is 8.12. The molecule has 0 aromatic carbocycles. The van der Waals surface area contributed by atoms with Crippen LogP contribution >= 0.6 is 0 Å². The number of unbranched alkanes of at least 4 members (excludes halogenated alkanes) is 6. The van der Waals surface area contributed by atoms with Gasteiger partial charge < -0.3 is 0 Å². The fourth-order valence-electron chi connectivity index (χ4n) is 2.87. The smallest absolute Gasteiger partial charge is 0.181 e. The minimum absolute atomic E-state index is 0. The predicted molar refractivity (Wildman–Crippen MR) is 80.1 cm³/mol. The Hall–Kier alpha value is 0.662. The summed E-state index contributed by atoms with van der Waals surface area (Å²) in [6.45, 7) is 7.18. The van der Waals surface area contributed by atoms with E-state index in [9.17, 15) is 0 Å². The molecule has 0 atom stereocenters. The SMILES string of the molecule is CCCCC[BH-](CCCCC)CCCCC.[Li+]. The van der Waals surface area contributed by atoms with Crippen LogP contribution in [-0.4, -0.2) is 6.71 Å². The van der Waals surface area contributed by atoms with E-state index in [0.717, 1.165) is 0 Å². The number of rotatable bonds is 12. The molecule has 17 heavy (non-hydrogen) atoms. The van der Waals surface area contributed by atoms with Gasteiger partial charge in [0.25, 0.3) is 0 Å². The molecule has 0 radical (unpaired) electrons. The second kappa shape index (κ2) is 16.7. The Morgan fingerprint density at radius 2 is 0.824 bits per heavy atom. The largest absolute Gasteiger partial charge is 1.00 e. The monoisotopic (exact) mass is 232 g/mol. The maximum absolute atomic E-state index is 2.32. The molecule has 0 amide bonds. The van der Waals surface area contributed by atoms with E-state index in [1.54, 1.807) is 19.0 Å². The van der Waals surface area contributed by atoms with Crippen LogP contribution in [0, 0.1) is 0 Å². The molecule has 2 heteroatoms. The Kier molecular flexibility index (Phi) is 19.6. The topological polar surface area (TPSA) is 0 Å². The molecule has 0 N–H and O–H groups in total. The standard InChI is InChI=1S/C15H34B.Li/c1-4-7-10-13-16(14-11-8-5-2)15-12-9-6-3;/h16H,4-15H2,1-3H3;/q-1;+1. The third-order valence-corrected chi connectivity index (χ3v) is 4.06. The first kappa shape index (κ1) is 20.0. The Bertz CT molecular complexity index is 104. The van der Waals surface area contributed by atoms with Crippen molar-refractivity contribution in [2.75, 3.05) is 0 Å². The molecule has 98 valence electrons. The van der Waals surface area contributed by atoms with Gasteiger partial charge in [0.05, 0.1) is 0 Å². The van der Waals surface area contributed by atoms with Gasteiger partial charge in [0, 0.05) is 0 Å². The van der Waals surface area contributed by atoms with Crippen LogP contribution in [0.3, 0.4) is 0 Å². The van der Waals surface area contributed by atoms with Gasteiger partial charge in [-0.1, -0.05) is 78.6 Å². The fourth-order valence-corrected chi connectivity index (χ4v) is 2.87. The molecular weight excluding hydrogens is 198 g/mol. The number of hydrogen-bond donors (Lipinski definition) is 0. The van der Waals surface area contributed by atoms with Gasteiger partial charge in [-0.3, -0.25) is 0 Å². The van der Waals surface area contributed by atoms with Crippen molar-refractivity contribution in [2.45, 2.75) is 97.5 Å². The van der Waals surface area contributed by atoms with Gasteiger partial charge >= 0.3 is 18.9 Å². The molecule has 0 saturated carbocycles. The summed E-state index contributed by atoms with van der Waals surface area (Å²) >= 11 is 0. The van der Waals surface area contributed by atoms with E-state index in [1.165, 1.54) is 57.8 Å². The molecule has 0 bridgehead atoms. The summed E-state index contributed by atoms with van der Waals surface area (Å²) in [7, 11) is 0. The van der Waals surface area contributed by atoms with Crippen LogP contribution in [0.4, 0.5) is 0 Å². The normalized spacial score (nSPS) is 10.6. The average molecular weight is 232 g/mol. The molecule has 0 unspecified atom stereocenters. The second-order valence-corrected chi connectivity index (χ2v) is 5.74. The molecule has 0 nitrogen and oxygen atoms in total. The molecule has 0 heterocycles. The molecule has 0 rings (SSSR count). The average Bonchev–Trinajstić information content (AvgIpc) is 2.29. The third kappa shape index (κ3) is 14.6. The summed E-state index contributed by atoms with van der Waals surface area (Å²) in [4.78, 5) is 0. The van der Waals surface area contributed by atoms with Crippen molar-refractivity contribution >= 4 is 6.71 Å². The third-order valence-electron chi connectivity index (χ3n) is 4.06. The summed E-state index contributed by atoms with van der Waals surface area (Å²) in [6, 6.07) is 0. The van der Waals surface area contributed by atoms with Crippen LogP contribution in [0.25, 0.3) is 0 Å². The van der Waals surface area contributed by atoms with E-state index in [4.69, 9.17) is 0 Å². The summed E-state index contributed by atoms with van der Waals surface area (Å²) in [5, 5.41) is 0. The summed E-state index contributed by atoms with van der Waals surface area (Å²) in [5.41, 5.74) is 0. The first-order chi connectivity index (χ1) is 7.85. The Morgan fingerprint density at radius 1 is 0.529 bits per heavy atom. The zero-order chi connectivity index (χ0) is 12.1. The summed E-state index contributed by atoms with van der Waals surface area (Å²) in [5.74, 6) is 0. The van der Waals surface area contributed by atoms with E-state index < -0.39 is 0 Å². The van der Waals surface area contributed by atoms with Gasteiger partial charge in [0.15, 0.2) is 0 Å². The van der Waals surface area contributed by atoms with Gasteiger partial charge in [0.1, 0.15) is 0 Å². The van der Waals surface area contributed by atoms with Crippen molar-refractivity contribution in [3.05, 3.63) is 0 Å². The van der Waals surface area contributed by atoms with Gasteiger partial charge in [-0.2, -0.15) is 19.0 Å². The van der Waals surface area contributed by atoms with Gasteiger partial charge in [-0.25, -0.2) is 0 Å². The van der Waals surface area contributed by atoms with Crippen LogP contribution in [0.2, 0.25) is 19.0 Å². The Labute approximate surface area is 123 Å². The molecule has 0 aromatic rings. The van der Waals surface area contributed by atoms with Crippen molar-refractivity contribution in [1.82, 2.24) is 0 Å². The molecule has 0 aliphatic heterocycles. The Balaban J connectivity index is 0. The molecule has 0 spiro atoms. The minimum atomic E-state index is 0. The summed E-state index contributed by atoms with van der Waals surface area (Å²) < 4.78 is 0. The molecule has 0 fully saturated rings. The van der Waals surface area contributed by atoms with Crippen molar-refractivity contribution in [1.29, 1.82) is 0 Å². The zero-order valence-corrected chi connectivity index (χ0v) is 13.2. The van der Waals surface area contributed by atoms with Crippen molar-refractivity contribution in [3.63, 3.8) is 0 Å². The van der Waals surface area contributed by atoms with Crippen molar-refractivity contribution in [3.8, 4) is 0 Å². The van der Waals surface area contributed by atoms with Crippen molar-refractivity contribution < 1.29 is 18.9 Å². The first-order valence-electron chi connectivity index (χ1n) is 8.12. The molecule has 0 aliphatic carbocycles. The van der Waals surface area contributed by atoms with Gasteiger partial charge in [0.2, 0.25) is 0 Å². The predicted octanol–water partition coefficient (Wildman–Crippen LogP) is 2.79. The maximum Gasteiger partial charge on any atom is 1.00 e. The molecule has 0 aromatic heterocycles. The Morgan fingerprint density at radius 3 is 1.06 bits per heavy atom. The van der Waals surface area contributed by atoms with E-state index in [2.05, 4.69) is 20.8 Å². The minimum Gasteiger partial charge on any atom is -0.181 e. The van der Waals surface area contributed by atoms with Crippen LogP contribution in [0.5, 0.6) is 0 Å². The van der Waals surface area contributed by atoms with E-state index >= 15 is 0 Å². The molecule has 0 aliphatic rings. The maximum atomic E-state index is 2.32. The van der Waals surface area contributed by atoms with Gasteiger partial charge in [-0.05, 0) is 6.71 Å². The van der Waals surface area contributed by atoms with E-state index in [0.29, 0.717) is 0 Å². The fraction of sp³-hybridized carbons (Fsp3) is 1.00. The number of hydrogen-bond acceptors (Lipinski definition) is 0. The molecule has 0 saturated heterocycles.